The van der Waals surface area contributed by atoms with Crippen LogP contribution in [0, 0.1) is 0 Å². The summed E-state index contributed by atoms with van der Waals surface area (Å²) < 4.78 is 4.79. The summed E-state index contributed by atoms with van der Waals surface area (Å²) in [6.45, 7) is 0. The summed E-state index contributed by atoms with van der Waals surface area (Å²) in [5.41, 5.74) is 16.6. The van der Waals surface area contributed by atoms with Gasteiger partial charge in [0.05, 0.1) is 33.5 Å². The van der Waals surface area contributed by atoms with Gasteiger partial charge >= 0.3 is 0 Å². The Morgan fingerprint density at radius 1 is 0.274 bits per heavy atom. The Morgan fingerprint density at radius 2 is 0.758 bits per heavy atom. The number of hydrogen-bond acceptors (Lipinski definition) is 2. The lowest BCUT2D eigenvalue weighted by molar-refractivity contribution is 1.18. The summed E-state index contributed by atoms with van der Waals surface area (Å²) in [6, 6.07) is 82.2. The number of para-hydroxylation sites is 3. The molecule has 0 amide bonds. The molecular weight excluding hydrogens is 753 g/mol. The second-order valence-corrected chi connectivity index (χ2v) is 15.8. The van der Waals surface area contributed by atoms with Gasteiger partial charge in [-0.15, -0.1) is 0 Å². The summed E-state index contributed by atoms with van der Waals surface area (Å²) in [6.07, 6.45) is 0. The van der Waals surface area contributed by atoms with Crippen molar-refractivity contribution in [3.8, 4) is 67.5 Å². The Kier molecular flexibility index (Phi) is 8.46. The van der Waals surface area contributed by atoms with Gasteiger partial charge in [-0.25, -0.2) is 9.97 Å². The van der Waals surface area contributed by atoms with Crippen LogP contribution in [-0.4, -0.2) is 19.1 Å². The molecule has 290 valence electrons. The van der Waals surface area contributed by atoms with Crippen LogP contribution < -0.4 is 0 Å². The third-order valence-corrected chi connectivity index (χ3v) is 12.2. The first kappa shape index (κ1) is 35.6. The Bertz CT molecular complexity index is 3530. The van der Waals surface area contributed by atoms with E-state index in [9.17, 15) is 0 Å². The predicted octanol–water partition coefficient (Wildman–Crippen LogP) is 15.0. The van der Waals surface area contributed by atoms with Crippen molar-refractivity contribution in [1.82, 2.24) is 19.1 Å². The predicted molar refractivity (Wildman–Crippen MR) is 258 cm³/mol. The molecule has 0 aliphatic rings. The van der Waals surface area contributed by atoms with Crippen LogP contribution in [0.15, 0.2) is 231 Å². The lowest BCUT2D eigenvalue weighted by atomic mass is 9.99. The van der Waals surface area contributed by atoms with Crippen LogP contribution in [0.5, 0.6) is 0 Å². The molecular formula is C58H38N4. The molecule has 4 nitrogen and oxygen atoms in total. The van der Waals surface area contributed by atoms with E-state index in [0.717, 1.165) is 50.6 Å². The van der Waals surface area contributed by atoms with Gasteiger partial charge in [-0.2, -0.15) is 0 Å². The second kappa shape index (κ2) is 14.7. The van der Waals surface area contributed by atoms with Gasteiger partial charge in [0.15, 0.2) is 5.82 Å². The highest BCUT2D eigenvalue weighted by molar-refractivity contribution is 6.16. The molecule has 62 heavy (non-hydrogen) atoms. The van der Waals surface area contributed by atoms with Gasteiger partial charge in [0, 0.05) is 49.6 Å². The average molecular weight is 791 g/mol. The number of nitrogens with zero attached hydrogens (tertiary/aromatic N) is 4. The molecule has 0 N–H and O–H groups in total. The van der Waals surface area contributed by atoms with Crippen molar-refractivity contribution in [3.05, 3.63) is 231 Å². The van der Waals surface area contributed by atoms with E-state index in [1.54, 1.807) is 0 Å². The Hall–Kier alpha value is -8.34. The topological polar surface area (TPSA) is 35.6 Å². The first-order chi connectivity index (χ1) is 30.7. The maximum atomic E-state index is 5.06. The van der Waals surface area contributed by atoms with Crippen LogP contribution >= 0.6 is 0 Å². The number of rotatable bonds is 7. The van der Waals surface area contributed by atoms with Gasteiger partial charge < -0.3 is 9.13 Å². The van der Waals surface area contributed by atoms with Crippen molar-refractivity contribution in [1.29, 1.82) is 0 Å². The van der Waals surface area contributed by atoms with E-state index in [4.69, 9.17) is 9.97 Å². The molecule has 4 heteroatoms. The molecule has 0 bridgehead atoms. The van der Waals surface area contributed by atoms with E-state index in [1.165, 1.54) is 54.7 Å². The number of aromatic nitrogens is 4. The minimum Gasteiger partial charge on any atom is -0.309 e. The van der Waals surface area contributed by atoms with Gasteiger partial charge in [-0.1, -0.05) is 176 Å². The van der Waals surface area contributed by atoms with Gasteiger partial charge in [0.25, 0.3) is 0 Å². The van der Waals surface area contributed by atoms with Crippen LogP contribution in [0.2, 0.25) is 0 Å². The van der Waals surface area contributed by atoms with Gasteiger partial charge in [0.1, 0.15) is 0 Å². The molecule has 0 saturated carbocycles. The normalized spacial score (nSPS) is 11.5. The van der Waals surface area contributed by atoms with Crippen molar-refractivity contribution in [3.63, 3.8) is 0 Å². The SMILES string of the molecule is c1ccc(-c2cc(-c3ccc(-c4ccc5c6ccccc6n(-c6ccc(-c7cccc8c7c7ccccc7n8-c7ccccc7)cc6)c5c4)cc3)nc(-c3ccccc3)n2)cc1. The molecule has 0 aliphatic carbocycles. The van der Waals surface area contributed by atoms with E-state index >= 15 is 0 Å². The summed E-state index contributed by atoms with van der Waals surface area (Å²) in [5.74, 6) is 0.713. The van der Waals surface area contributed by atoms with Crippen molar-refractivity contribution >= 4 is 43.6 Å². The zero-order valence-corrected chi connectivity index (χ0v) is 33.7. The van der Waals surface area contributed by atoms with Gasteiger partial charge in [-0.3, -0.25) is 0 Å². The molecule has 9 aromatic carbocycles. The Balaban J connectivity index is 0.932. The Labute approximate surface area is 359 Å². The molecule has 12 rings (SSSR count). The number of fused-ring (bicyclic) bond motifs is 6. The zero-order valence-electron chi connectivity index (χ0n) is 33.7. The van der Waals surface area contributed by atoms with Crippen molar-refractivity contribution in [2.45, 2.75) is 0 Å². The molecule has 0 saturated heterocycles. The van der Waals surface area contributed by atoms with E-state index in [2.05, 4.69) is 203 Å². The van der Waals surface area contributed by atoms with Crippen LogP contribution in [-0.2, 0) is 0 Å². The van der Waals surface area contributed by atoms with Crippen LogP contribution in [0.3, 0.4) is 0 Å². The van der Waals surface area contributed by atoms with E-state index in [0.29, 0.717) is 5.82 Å². The van der Waals surface area contributed by atoms with Crippen molar-refractivity contribution in [2.24, 2.45) is 0 Å². The lowest BCUT2D eigenvalue weighted by Gasteiger charge is -2.12. The molecule has 0 atom stereocenters. The van der Waals surface area contributed by atoms with Crippen molar-refractivity contribution < 1.29 is 0 Å². The van der Waals surface area contributed by atoms with E-state index < -0.39 is 0 Å². The Morgan fingerprint density at radius 3 is 1.47 bits per heavy atom. The zero-order chi connectivity index (χ0) is 41.0. The van der Waals surface area contributed by atoms with Crippen LogP contribution in [0.4, 0.5) is 0 Å². The molecule has 3 aromatic heterocycles. The minimum atomic E-state index is 0.713. The summed E-state index contributed by atoms with van der Waals surface area (Å²) in [4.78, 5) is 10.0. The van der Waals surface area contributed by atoms with E-state index in [-0.39, 0.29) is 0 Å². The maximum absolute atomic E-state index is 5.06. The first-order valence-electron chi connectivity index (χ1n) is 21.1. The van der Waals surface area contributed by atoms with Crippen LogP contribution in [0.1, 0.15) is 0 Å². The smallest absolute Gasteiger partial charge is 0.160 e. The average Bonchev–Trinajstić information content (AvgIpc) is 3.87. The molecule has 0 spiro atoms. The largest absolute Gasteiger partial charge is 0.309 e. The number of benzene rings is 9. The fourth-order valence-corrected chi connectivity index (χ4v) is 9.24. The highest BCUT2D eigenvalue weighted by atomic mass is 15.0. The summed E-state index contributed by atoms with van der Waals surface area (Å²) in [7, 11) is 0. The number of hydrogen-bond donors (Lipinski definition) is 0. The molecule has 0 fully saturated rings. The van der Waals surface area contributed by atoms with Gasteiger partial charge in [0.2, 0.25) is 0 Å². The molecule has 3 heterocycles. The standard InChI is InChI=1S/C58H38N4/c1-4-15-41(16-5-1)51-38-52(60-58(59-51)43-17-6-2-7-18-43)42-29-27-39(28-30-42)44-33-36-49-48-21-10-12-24-53(48)62(56(49)37-44)46-34-31-40(32-35-46)47-23-14-26-55-57(47)50-22-11-13-25-54(50)61(55)45-19-8-3-9-20-45/h1-38H. The summed E-state index contributed by atoms with van der Waals surface area (Å²) >= 11 is 0. The third-order valence-electron chi connectivity index (χ3n) is 12.2. The molecule has 12 aromatic rings. The summed E-state index contributed by atoms with van der Waals surface area (Å²) in [5, 5.41) is 4.98. The van der Waals surface area contributed by atoms with Crippen LogP contribution in [0.25, 0.3) is 111 Å². The van der Waals surface area contributed by atoms with E-state index in [1.807, 2.05) is 36.4 Å². The maximum Gasteiger partial charge on any atom is 0.160 e. The lowest BCUT2D eigenvalue weighted by Crippen LogP contribution is -1.96. The highest BCUT2D eigenvalue weighted by Gasteiger charge is 2.18. The third kappa shape index (κ3) is 6.00. The first-order valence-corrected chi connectivity index (χ1v) is 21.1. The second-order valence-electron chi connectivity index (χ2n) is 15.8. The quantitative estimate of drug-likeness (QED) is 0.161. The minimum absolute atomic E-state index is 0.713. The monoisotopic (exact) mass is 790 g/mol. The van der Waals surface area contributed by atoms with Gasteiger partial charge in [-0.05, 0) is 76.9 Å². The molecule has 0 unspecified atom stereocenters. The molecule has 0 radical (unpaired) electrons. The fraction of sp³-hybridized carbons (Fsp3) is 0. The highest BCUT2D eigenvalue weighted by Crippen LogP contribution is 2.40. The van der Waals surface area contributed by atoms with Crippen molar-refractivity contribution in [2.75, 3.05) is 0 Å². The fourth-order valence-electron chi connectivity index (χ4n) is 9.24. The molecule has 0 aliphatic heterocycles.